The van der Waals surface area contributed by atoms with Gasteiger partial charge >= 0.3 is 0 Å². The SMILES string of the molecule is C[C@@H]([C@H](O)[C@H](O)[C@H](O)C(C)(C)O)[C@@H]1CC[C@]2(C)C3=CC[C@H]4C(C)(C)C(=O)CC[C@]4(C)[C@H]3CC[C@@]12C. The summed E-state index contributed by atoms with van der Waals surface area (Å²) in [6.07, 6.45) is 5.41. The second kappa shape index (κ2) is 8.38. The van der Waals surface area contributed by atoms with E-state index in [9.17, 15) is 25.2 Å². The van der Waals surface area contributed by atoms with E-state index in [0.29, 0.717) is 24.0 Å². The topological polar surface area (TPSA) is 98.0 Å². The third-order valence-corrected chi connectivity index (χ3v) is 12.2. The standard InChI is InChI=1S/C30H50O5/c1-17(23(32)24(33)25(34)27(4,5)35)18-11-15-30(8)20-9-10-21-26(2,3)22(31)13-14-28(21,6)19(20)12-16-29(18,30)7/h9,17-19,21,23-25,32-35H,10-16H2,1-8H3/t17-,18+,19+,21+,23+,24+,25+,28-,29+,30-/m1/s1. The molecule has 5 nitrogen and oxygen atoms in total. The zero-order valence-corrected chi connectivity index (χ0v) is 23.3. The maximum absolute atomic E-state index is 12.8. The summed E-state index contributed by atoms with van der Waals surface area (Å²) in [7, 11) is 0. The summed E-state index contributed by atoms with van der Waals surface area (Å²) in [5.74, 6) is 1.30. The van der Waals surface area contributed by atoms with Crippen LogP contribution in [0.1, 0.15) is 100 Å². The molecule has 0 spiro atoms. The van der Waals surface area contributed by atoms with Crippen LogP contribution in [-0.2, 0) is 4.79 Å². The minimum Gasteiger partial charge on any atom is -0.390 e. The number of aliphatic hydroxyl groups is 4. The highest BCUT2D eigenvalue weighted by atomic mass is 16.4. The molecule has 35 heavy (non-hydrogen) atoms. The molecule has 0 unspecified atom stereocenters. The summed E-state index contributed by atoms with van der Waals surface area (Å²) in [6, 6.07) is 0. The largest absolute Gasteiger partial charge is 0.390 e. The van der Waals surface area contributed by atoms with Crippen molar-refractivity contribution in [2.75, 3.05) is 0 Å². The third kappa shape index (κ3) is 3.73. The van der Waals surface area contributed by atoms with Crippen molar-refractivity contribution in [2.24, 2.45) is 45.3 Å². The molecule has 0 heterocycles. The van der Waals surface area contributed by atoms with Crippen LogP contribution >= 0.6 is 0 Å². The Balaban J connectivity index is 1.63. The molecule has 4 N–H and O–H groups in total. The van der Waals surface area contributed by atoms with E-state index < -0.39 is 23.9 Å². The molecule has 0 aromatic heterocycles. The molecule has 3 fully saturated rings. The molecule has 10 atom stereocenters. The maximum Gasteiger partial charge on any atom is 0.138 e. The van der Waals surface area contributed by atoms with Crippen LogP contribution in [0.3, 0.4) is 0 Å². The fraction of sp³-hybridized carbons (Fsp3) is 0.900. The Kier molecular flexibility index (Phi) is 6.53. The van der Waals surface area contributed by atoms with E-state index in [4.69, 9.17) is 0 Å². The van der Waals surface area contributed by atoms with Crippen molar-refractivity contribution < 1.29 is 25.2 Å². The normalized spacial score (nSPS) is 44.4. The summed E-state index contributed by atoms with van der Waals surface area (Å²) >= 11 is 0. The van der Waals surface area contributed by atoms with Crippen LogP contribution in [0, 0.1) is 45.3 Å². The monoisotopic (exact) mass is 490 g/mol. The summed E-state index contributed by atoms with van der Waals surface area (Å²) in [5, 5.41) is 42.4. The van der Waals surface area contributed by atoms with Gasteiger partial charge in [-0.15, -0.1) is 0 Å². The molecule has 5 heteroatoms. The van der Waals surface area contributed by atoms with E-state index in [1.54, 1.807) is 5.57 Å². The average molecular weight is 491 g/mol. The minimum absolute atomic E-state index is 0.0155. The summed E-state index contributed by atoms with van der Waals surface area (Å²) in [4.78, 5) is 12.8. The molecule has 0 amide bonds. The highest BCUT2D eigenvalue weighted by molar-refractivity contribution is 5.85. The first-order valence-electron chi connectivity index (χ1n) is 13.9. The predicted octanol–water partition coefficient (Wildman–Crippen LogP) is 4.65. The molecule has 3 saturated carbocycles. The van der Waals surface area contributed by atoms with Gasteiger partial charge in [-0.3, -0.25) is 4.79 Å². The minimum atomic E-state index is -1.49. The van der Waals surface area contributed by atoms with Gasteiger partial charge in [0.2, 0.25) is 0 Å². The number of carbonyl (C=O) groups excluding carboxylic acids is 1. The second-order valence-corrected chi connectivity index (χ2v) is 14.5. The van der Waals surface area contributed by atoms with Crippen LogP contribution in [0.5, 0.6) is 0 Å². The Morgan fingerprint density at radius 3 is 2.20 bits per heavy atom. The quantitative estimate of drug-likeness (QED) is 0.421. The van der Waals surface area contributed by atoms with Crippen LogP contribution in [0.4, 0.5) is 0 Å². The van der Waals surface area contributed by atoms with Crippen molar-refractivity contribution in [1.82, 2.24) is 0 Å². The van der Waals surface area contributed by atoms with Gasteiger partial charge in [-0.25, -0.2) is 0 Å². The number of carbonyl (C=O) groups is 1. The Morgan fingerprint density at radius 2 is 1.60 bits per heavy atom. The zero-order valence-electron chi connectivity index (χ0n) is 23.3. The van der Waals surface area contributed by atoms with Crippen molar-refractivity contribution in [1.29, 1.82) is 0 Å². The molecule has 0 aliphatic heterocycles. The van der Waals surface area contributed by atoms with Crippen molar-refractivity contribution in [3.05, 3.63) is 11.6 Å². The zero-order chi connectivity index (χ0) is 26.4. The molecular formula is C30H50O5. The van der Waals surface area contributed by atoms with Gasteiger partial charge < -0.3 is 20.4 Å². The first-order valence-corrected chi connectivity index (χ1v) is 13.9. The number of allylic oxidation sites excluding steroid dienone is 2. The lowest BCUT2D eigenvalue weighted by atomic mass is 9.41. The van der Waals surface area contributed by atoms with Gasteiger partial charge in [0.15, 0.2) is 0 Å². The number of ketones is 1. The summed E-state index contributed by atoms with van der Waals surface area (Å²) in [6.45, 7) is 16.5. The van der Waals surface area contributed by atoms with Crippen LogP contribution in [-0.4, -0.2) is 50.1 Å². The van der Waals surface area contributed by atoms with Crippen LogP contribution in [0.15, 0.2) is 11.6 Å². The fourth-order valence-corrected chi connectivity index (χ4v) is 9.55. The molecule has 0 bridgehead atoms. The van der Waals surface area contributed by atoms with Crippen LogP contribution in [0.25, 0.3) is 0 Å². The molecule has 4 aliphatic carbocycles. The van der Waals surface area contributed by atoms with Gasteiger partial charge in [0, 0.05) is 11.8 Å². The second-order valence-electron chi connectivity index (χ2n) is 14.5. The molecular weight excluding hydrogens is 440 g/mol. The summed E-state index contributed by atoms with van der Waals surface area (Å²) < 4.78 is 0. The van der Waals surface area contributed by atoms with Crippen molar-refractivity contribution in [2.45, 2.75) is 124 Å². The molecule has 4 aliphatic rings. The highest BCUT2D eigenvalue weighted by Gasteiger charge is 2.65. The first kappa shape index (κ1) is 27.3. The molecule has 0 aromatic carbocycles. The van der Waals surface area contributed by atoms with Gasteiger partial charge in [-0.1, -0.05) is 53.2 Å². The number of hydrogen-bond acceptors (Lipinski definition) is 5. The van der Waals surface area contributed by atoms with E-state index in [1.165, 1.54) is 13.8 Å². The maximum atomic E-state index is 12.8. The lowest BCUT2D eigenvalue weighted by Gasteiger charge is -2.63. The van der Waals surface area contributed by atoms with E-state index >= 15 is 0 Å². The molecule has 200 valence electrons. The number of rotatable bonds is 5. The molecule has 0 radical (unpaired) electrons. The van der Waals surface area contributed by atoms with Gasteiger partial charge in [0.05, 0.1) is 11.7 Å². The molecule has 0 aromatic rings. The molecule has 0 saturated heterocycles. The lowest BCUT2D eigenvalue weighted by Crippen LogP contribution is -2.58. The van der Waals surface area contributed by atoms with Crippen LogP contribution < -0.4 is 0 Å². The smallest absolute Gasteiger partial charge is 0.138 e. The Labute approximate surface area is 212 Å². The molecule has 4 rings (SSSR count). The summed E-state index contributed by atoms with van der Waals surface area (Å²) in [5.41, 5.74) is -0.0314. The Bertz CT molecular complexity index is 886. The van der Waals surface area contributed by atoms with Crippen molar-refractivity contribution >= 4 is 5.78 Å². The highest BCUT2D eigenvalue weighted by Crippen LogP contribution is 2.73. The number of fused-ring (bicyclic) bond motifs is 5. The number of aliphatic hydroxyl groups excluding tert-OH is 3. The first-order chi connectivity index (χ1) is 15.9. The van der Waals surface area contributed by atoms with E-state index in [-0.39, 0.29) is 33.5 Å². The number of Topliss-reactive ketones (excluding diaryl/α,β-unsaturated/α-hetero) is 1. The van der Waals surface area contributed by atoms with Gasteiger partial charge in [0.1, 0.15) is 18.0 Å². The van der Waals surface area contributed by atoms with Gasteiger partial charge in [0.25, 0.3) is 0 Å². The van der Waals surface area contributed by atoms with Crippen molar-refractivity contribution in [3.63, 3.8) is 0 Å². The van der Waals surface area contributed by atoms with Crippen molar-refractivity contribution in [3.8, 4) is 0 Å². The number of hydrogen-bond donors (Lipinski definition) is 4. The Hall–Kier alpha value is -0.750. The Morgan fingerprint density at radius 1 is 0.971 bits per heavy atom. The van der Waals surface area contributed by atoms with E-state index in [1.807, 2.05) is 6.92 Å². The fourth-order valence-electron chi connectivity index (χ4n) is 9.55. The van der Waals surface area contributed by atoms with E-state index in [2.05, 4.69) is 40.7 Å². The van der Waals surface area contributed by atoms with Gasteiger partial charge in [-0.2, -0.15) is 0 Å². The third-order valence-electron chi connectivity index (χ3n) is 12.2. The van der Waals surface area contributed by atoms with E-state index in [0.717, 1.165) is 38.5 Å². The van der Waals surface area contributed by atoms with Crippen LogP contribution in [0.2, 0.25) is 0 Å². The van der Waals surface area contributed by atoms with Gasteiger partial charge in [-0.05, 0) is 92.3 Å². The predicted molar refractivity (Wildman–Crippen MR) is 137 cm³/mol. The lowest BCUT2D eigenvalue weighted by molar-refractivity contribution is -0.158. The average Bonchev–Trinajstić information content (AvgIpc) is 3.05.